The molecular weight excluding hydrogens is 418 g/mol. The largest absolute Gasteiger partial charge is 0.443 e. The van der Waals surface area contributed by atoms with Crippen molar-refractivity contribution < 1.29 is 9.21 Å². The average Bonchev–Trinajstić information content (AvgIpc) is 3.38. The molecule has 9 heteroatoms. The van der Waals surface area contributed by atoms with Gasteiger partial charge in [0.05, 0.1) is 29.0 Å². The third kappa shape index (κ3) is 3.83. The molecule has 0 bridgehead atoms. The van der Waals surface area contributed by atoms with Gasteiger partial charge in [-0.2, -0.15) is 20.0 Å². The fraction of sp³-hybridized carbons (Fsp3) is 0.375. The van der Waals surface area contributed by atoms with E-state index in [-0.39, 0.29) is 11.9 Å². The number of aromatic nitrogens is 5. The Hall–Kier alpha value is -3.75. The highest BCUT2D eigenvalue weighted by atomic mass is 16.3. The van der Waals surface area contributed by atoms with Crippen molar-refractivity contribution in [1.29, 1.82) is 0 Å². The van der Waals surface area contributed by atoms with Crippen LogP contribution in [0, 0.1) is 20.8 Å². The van der Waals surface area contributed by atoms with E-state index < -0.39 is 0 Å². The van der Waals surface area contributed by atoms with Crippen molar-refractivity contribution in [3.8, 4) is 5.69 Å². The molecule has 0 saturated carbocycles. The van der Waals surface area contributed by atoms with Crippen LogP contribution in [0.15, 0.2) is 41.2 Å². The molecule has 1 atom stereocenters. The van der Waals surface area contributed by atoms with Gasteiger partial charge in [-0.1, -0.05) is 11.6 Å². The van der Waals surface area contributed by atoms with Gasteiger partial charge in [0.2, 0.25) is 11.7 Å². The second kappa shape index (κ2) is 8.31. The summed E-state index contributed by atoms with van der Waals surface area (Å²) < 4.78 is 5.80. The van der Waals surface area contributed by atoms with Crippen LogP contribution in [0.25, 0.3) is 16.8 Å². The van der Waals surface area contributed by atoms with Crippen molar-refractivity contribution in [3.63, 3.8) is 0 Å². The lowest BCUT2D eigenvalue weighted by Crippen LogP contribution is -2.40. The summed E-state index contributed by atoms with van der Waals surface area (Å²) >= 11 is 0. The molecule has 1 aliphatic heterocycles. The summed E-state index contributed by atoms with van der Waals surface area (Å²) in [5.41, 5.74) is 3.98. The predicted octanol–water partition coefficient (Wildman–Crippen LogP) is 3.47. The molecule has 5 rings (SSSR count). The van der Waals surface area contributed by atoms with Gasteiger partial charge in [0.25, 0.3) is 5.91 Å². The Bertz CT molecular complexity index is 1310. The molecule has 170 valence electrons. The summed E-state index contributed by atoms with van der Waals surface area (Å²) in [5.74, 6) is 1.47. The highest BCUT2D eigenvalue weighted by Crippen LogP contribution is 2.26. The molecule has 0 spiro atoms. The van der Waals surface area contributed by atoms with Gasteiger partial charge >= 0.3 is 0 Å². The maximum Gasteiger partial charge on any atom is 0.256 e. The molecule has 0 N–H and O–H groups in total. The smallest absolute Gasteiger partial charge is 0.256 e. The summed E-state index contributed by atoms with van der Waals surface area (Å²) in [6, 6.07) is 5.84. The molecule has 9 nitrogen and oxygen atoms in total. The van der Waals surface area contributed by atoms with Gasteiger partial charge in [0.15, 0.2) is 0 Å². The van der Waals surface area contributed by atoms with Crippen LogP contribution in [0.1, 0.15) is 40.6 Å². The Kier molecular flexibility index (Phi) is 5.32. The normalized spacial score (nSPS) is 16.9. The minimum Gasteiger partial charge on any atom is -0.443 e. The van der Waals surface area contributed by atoms with Gasteiger partial charge < -0.3 is 14.2 Å². The Morgan fingerprint density at radius 3 is 2.67 bits per heavy atom. The van der Waals surface area contributed by atoms with Crippen molar-refractivity contribution in [2.75, 3.05) is 24.5 Å². The Morgan fingerprint density at radius 1 is 1.09 bits per heavy atom. The standard InChI is InChI=1S/C24H27N7O2/c1-15-5-6-21(31-26-8-9-27-31)19(13-15)23(32)30-12-11-29(10-7-16(30)2)24-25-14-20-17(3)18(4)33-22(20)28-24/h5-6,8-9,13-14,16H,7,10-12H2,1-4H3/t16-/m0/s1. The number of amides is 1. The fourth-order valence-electron chi connectivity index (χ4n) is 4.31. The van der Waals surface area contributed by atoms with Crippen LogP contribution in [-0.2, 0) is 0 Å². The first kappa shape index (κ1) is 21.1. The maximum atomic E-state index is 13.7. The minimum absolute atomic E-state index is 0.0194. The first-order valence-corrected chi connectivity index (χ1v) is 11.2. The highest BCUT2D eigenvalue weighted by Gasteiger charge is 2.29. The second-order valence-electron chi connectivity index (χ2n) is 8.63. The van der Waals surface area contributed by atoms with Gasteiger partial charge in [-0.3, -0.25) is 4.79 Å². The Balaban J connectivity index is 1.41. The van der Waals surface area contributed by atoms with Crippen LogP contribution in [0.4, 0.5) is 5.95 Å². The molecule has 33 heavy (non-hydrogen) atoms. The molecule has 4 heterocycles. The van der Waals surface area contributed by atoms with Crippen molar-refractivity contribution in [2.24, 2.45) is 0 Å². The summed E-state index contributed by atoms with van der Waals surface area (Å²) in [6.45, 7) is 9.99. The van der Waals surface area contributed by atoms with Crippen molar-refractivity contribution >= 4 is 23.0 Å². The maximum absolute atomic E-state index is 13.7. The van der Waals surface area contributed by atoms with Crippen LogP contribution in [0.5, 0.6) is 0 Å². The number of anilines is 1. The second-order valence-corrected chi connectivity index (χ2v) is 8.63. The molecule has 1 aliphatic rings. The van der Waals surface area contributed by atoms with Crippen molar-refractivity contribution in [2.45, 2.75) is 40.2 Å². The number of fused-ring (bicyclic) bond motifs is 1. The topological polar surface area (TPSA) is 93.2 Å². The molecule has 1 saturated heterocycles. The number of benzene rings is 1. The van der Waals surface area contributed by atoms with Gasteiger partial charge in [0.1, 0.15) is 5.76 Å². The van der Waals surface area contributed by atoms with Crippen LogP contribution in [0.2, 0.25) is 0 Å². The van der Waals surface area contributed by atoms with E-state index in [1.807, 2.05) is 50.1 Å². The molecular formula is C24H27N7O2. The molecule has 1 amide bonds. The number of aryl methyl sites for hydroxylation is 3. The zero-order valence-electron chi connectivity index (χ0n) is 19.3. The van der Waals surface area contributed by atoms with E-state index >= 15 is 0 Å². The van der Waals surface area contributed by atoms with Gasteiger partial charge in [-0.15, -0.1) is 0 Å². The fourth-order valence-corrected chi connectivity index (χ4v) is 4.31. The predicted molar refractivity (Wildman–Crippen MR) is 125 cm³/mol. The van der Waals surface area contributed by atoms with E-state index in [1.54, 1.807) is 12.4 Å². The van der Waals surface area contributed by atoms with E-state index in [1.165, 1.54) is 4.80 Å². The molecule has 0 radical (unpaired) electrons. The number of furan rings is 1. The van der Waals surface area contributed by atoms with Crippen molar-refractivity contribution in [3.05, 3.63) is 59.2 Å². The summed E-state index contributed by atoms with van der Waals surface area (Å²) in [6.07, 6.45) is 5.86. The third-order valence-corrected chi connectivity index (χ3v) is 6.44. The summed E-state index contributed by atoms with van der Waals surface area (Å²) in [5, 5.41) is 9.40. The van der Waals surface area contributed by atoms with E-state index in [4.69, 9.17) is 4.42 Å². The average molecular weight is 446 g/mol. The van der Waals surface area contributed by atoms with E-state index in [0.29, 0.717) is 36.0 Å². The monoisotopic (exact) mass is 445 g/mol. The lowest BCUT2D eigenvalue weighted by molar-refractivity contribution is 0.0704. The molecule has 1 fully saturated rings. The van der Waals surface area contributed by atoms with Gasteiger partial charge in [0, 0.05) is 37.4 Å². The molecule has 4 aromatic rings. The Labute approximate surface area is 192 Å². The van der Waals surface area contributed by atoms with Gasteiger partial charge in [-0.05, 0) is 46.2 Å². The van der Waals surface area contributed by atoms with Crippen LogP contribution < -0.4 is 4.90 Å². The molecule has 0 aliphatic carbocycles. The Morgan fingerprint density at radius 2 is 1.88 bits per heavy atom. The molecule has 1 aromatic carbocycles. The summed E-state index contributed by atoms with van der Waals surface area (Å²) in [7, 11) is 0. The van der Waals surface area contributed by atoms with E-state index in [9.17, 15) is 4.79 Å². The lowest BCUT2D eigenvalue weighted by Gasteiger charge is -2.27. The number of carbonyl (C=O) groups excluding carboxylic acids is 1. The van der Waals surface area contributed by atoms with Crippen LogP contribution >= 0.6 is 0 Å². The SMILES string of the molecule is Cc1ccc(-n2nccn2)c(C(=O)N2CCN(c3ncc4c(C)c(C)oc4n3)CC[C@@H]2C)c1. The van der Waals surface area contributed by atoms with E-state index in [0.717, 1.165) is 35.2 Å². The molecule has 3 aromatic heterocycles. The first-order valence-electron chi connectivity index (χ1n) is 11.2. The first-order chi connectivity index (χ1) is 15.9. The highest BCUT2D eigenvalue weighted by molar-refractivity contribution is 5.98. The lowest BCUT2D eigenvalue weighted by atomic mass is 10.1. The van der Waals surface area contributed by atoms with Crippen LogP contribution in [0.3, 0.4) is 0 Å². The quantitative estimate of drug-likeness (QED) is 0.477. The number of carbonyl (C=O) groups is 1. The van der Waals surface area contributed by atoms with E-state index in [2.05, 4.69) is 32.0 Å². The number of nitrogens with zero attached hydrogens (tertiary/aromatic N) is 7. The minimum atomic E-state index is -0.0194. The summed E-state index contributed by atoms with van der Waals surface area (Å²) in [4.78, 5) is 28.5. The zero-order valence-corrected chi connectivity index (χ0v) is 19.3. The number of hydrogen-bond donors (Lipinski definition) is 0. The zero-order chi connectivity index (χ0) is 23.1. The van der Waals surface area contributed by atoms with Gasteiger partial charge in [-0.25, -0.2) is 4.98 Å². The molecule has 0 unspecified atom stereocenters. The number of hydrogen-bond acceptors (Lipinski definition) is 7. The van der Waals surface area contributed by atoms with Crippen molar-refractivity contribution in [1.82, 2.24) is 29.9 Å². The third-order valence-electron chi connectivity index (χ3n) is 6.44. The number of rotatable bonds is 3. The van der Waals surface area contributed by atoms with Crippen LogP contribution in [-0.4, -0.2) is 61.4 Å².